The topological polar surface area (TPSA) is 91.4 Å². The van der Waals surface area contributed by atoms with Gasteiger partial charge in [-0.1, -0.05) is 17.7 Å². The number of urea groups is 1. The number of likely N-dealkylation sites (tertiary alicyclic amines) is 1. The van der Waals surface area contributed by atoms with Gasteiger partial charge in [0.15, 0.2) is 0 Å². The first kappa shape index (κ1) is 25.7. The highest BCUT2D eigenvalue weighted by atomic mass is 35.5. The van der Waals surface area contributed by atoms with E-state index in [9.17, 15) is 9.18 Å². The van der Waals surface area contributed by atoms with Crippen molar-refractivity contribution < 1.29 is 13.9 Å². The maximum atomic E-state index is 13.3. The van der Waals surface area contributed by atoms with Gasteiger partial charge in [0, 0.05) is 22.8 Å². The molecule has 1 fully saturated rings. The molecule has 3 N–H and O–H groups in total. The lowest BCUT2D eigenvalue weighted by Gasteiger charge is -2.28. The minimum absolute atomic E-state index is 0.326. The van der Waals surface area contributed by atoms with Crippen LogP contribution in [0.15, 0.2) is 67.0 Å². The molecule has 0 saturated carbocycles. The number of ether oxygens (including phenoxy) is 1. The summed E-state index contributed by atoms with van der Waals surface area (Å²) in [6.45, 7) is 2.92. The fourth-order valence-corrected chi connectivity index (χ4v) is 4.58. The minimum atomic E-state index is -0.533. The highest BCUT2D eigenvalue weighted by Crippen LogP contribution is 2.30. The molecule has 1 saturated heterocycles. The maximum absolute atomic E-state index is 13.3. The highest BCUT2D eigenvalue weighted by Gasteiger charge is 2.17. The number of carbonyl (C=O) groups is 1. The third-order valence-electron chi connectivity index (χ3n) is 6.49. The number of fused-ring (bicyclic) bond motifs is 1. The van der Waals surface area contributed by atoms with E-state index in [0.29, 0.717) is 40.4 Å². The van der Waals surface area contributed by atoms with Crippen molar-refractivity contribution in [1.82, 2.24) is 14.9 Å². The zero-order valence-corrected chi connectivity index (χ0v) is 21.6. The Balaban J connectivity index is 1.23. The van der Waals surface area contributed by atoms with Gasteiger partial charge in [0.25, 0.3) is 0 Å². The summed E-state index contributed by atoms with van der Waals surface area (Å²) in [6.07, 6.45) is 3.80. The van der Waals surface area contributed by atoms with Gasteiger partial charge in [-0.15, -0.1) is 0 Å². The Morgan fingerprint density at radius 3 is 2.68 bits per heavy atom. The van der Waals surface area contributed by atoms with Crippen LogP contribution in [0.3, 0.4) is 0 Å². The van der Waals surface area contributed by atoms with Crippen molar-refractivity contribution in [2.75, 3.05) is 42.7 Å². The van der Waals surface area contributed by atoms with Crippen molar-refractivity contribution >= 4 is 51.4 Å². The van der Waals surface area contributed by atoms with Crippen molar-refractivity contribution in [3.63, 3.8) is 0 Å². The molecule has 8 nitrogen and oxygen atoms in total. The molecule has 196 valence electrons. The summed E-state index contributed by atoms with van der Waals surface area (Å²) in [5.74, 6) is 1.54. The molecule has 0 aliphatic carbocycles. The summed E-state index contributed by atoms with van der Waals surface area (Å²) in [6, 6.07) is 16.0. The second-order valence-corrected chi connectivity index (χ2v) is 9.78. The third-order valence-corrected chi connectivity index (χ3v) is 6.81. The first-order chi connectivity index (χ1) is 18.4. The maximum Gasteiger partial charge on any atom is 0.323 e. The number of hydrogen-bond donors (Lipinski definition) is 3. The van der Waals surface area contributed by atoms with Gasteiger partial charge in [-0.3, -0.25) is 0 Å². The number of rotatable bonds is 7. The molecule has 1 aliphatic rings. The summed E-state index contributed by atoms with van der Waals surface area (Å²) in [5, 5.41) is 9.68. The number of nitrogens with one attached hydrogen (secondary N) is 3. The lowest BCUT2D eigenvalue weighted by atomic mass is 9.98. The van der Waals surface area contributed by atoms with Crippen molar-refractivity contribution in [3.05, 3.63) is 77.8 Å². The van der Waals surface area contributed by atoms with Gasteiger partial charge < -0.3 is 25.6 Å². The van der Waals surface area contributed by atoms with E-state index in [1.165, 1.54) is 24.5 Å². The number of aromatic nitrogens is 2. The Morgan fingerprint density at radius 1 is 1.05 bits per heavy atom. The Hall–Kier alpha value is -3.95. The highest BCUT2D eigenvalue weighted by molar-refractivity contribution is 6.34. The Labute approximate surface area is 225 Å². The van der Waals surface area contributed by atoms with E-state index in [-0.39, 0.29) is 0 Å². The zero-order chi connectivity index (χ0) is 26.5. The number of anilines is 4. The van der Waals surface area contributed by atoms with Crippen LogP contribution in [0.2, 0.25) is 5.02 Å². The van der Waals surface area contributed by atoms with E-state index in [4.69, 9.17) is 16.3 Å². The largest absolute Gasteiger partial charge is 0.493 e. The minimum Gasteiger partial charge on any atom is -0.493 e. The second kappa shape index (κ2) is 11.6. The average molecular weight is 535 g/mol. The number of halogens is 2. The SMILES string of the molecule is CN1CCC(COc2ccc3c(Nc4ccc(NC(=O)Nc5cccc(F)c5)c(Cl)c4)ncnc3c2)CC1. The number of piperidine rings is 1. The summed E-state index contributed by atoms with van der Waals surface area (Å²) in [5.41, 5.74) is 2.20. The van der Waals surface area contributed by atoms with Gasteiger partial charge in [0.1, 0.15) is 23.7 Å². The normalized spacial score (nSPS) is 14.3. The van der Waals surface area contributed by atoms with Crippen molar-refractivity contribution in [2.45, 2.75) is 12.8 Å². The first-order valence-electron chi connectivity index (χ1n) is 12.4. The Bertz CT molecular complexity index is 1440. The monoisotopic (exact) mass is 534 g/mol. The van der Waals surface area contributed by atoms with Crippen LogP contribution in [0.1, 0.15) is 12.8 Å². The molecule has 0 atom stereocenters. The van der Waals surface area contributed by atoms with Crippen LogP contribution in [0.25, 0.3) is 10.9 Å². The van der Waals surface area contributed by atoms with Crippen molar-refractivity contribution in [1.29, 1.82) is 0 Å². The van der Waals surface area contributed by atoms with E-state index < -0.39 is 11.8 Å². The van der Waals surface area contributed by atoms with Gasteiger partial charge in [-0.25, -0.2) is 19.2 Å². The molecule has 5 rings (SSSR count). The molecular weight excluding hydrogens is 507 g/mol. The van der Waals surface area contributed by atoms with Crippen LogP contribution in [-0.2, 0) is 0 Å². The van der Waals surface area contributed by atoms with E-state index in [1.807, 2.05) is 18.2 Å². The Morgan fingerprint density at radius 2 is 1.89 bits per heavy atom. The molecule has 1 aromatic heterocycles. The number of hydrogen-bond acceptors (Lipinski definition) is 6. The second-order valence-electron chi connectivity index (χ2n) is 9.37. The standard InChI is InChI=1S/C28H28ClFN6O2/c1-36-11-9-18(10-12-36)16-38-22-6-7-23-26(15-22)31-17-32-27(23)33-21-5-8-25(24(29)14-21)35-28(37)34-20-4-2-3-19(30)13-20/h2-8,13-15,17-18H,9-12,16H2,1H3,(H,31,32,33)(H2,34,35,37). The third kappa shape index (κ3) is 6.48. The van der Waals surface area contributed by atoms with Crippen LogP contribution >= 0.6 is 11.6 Å². The molecule has 2 amide bonds. The van der Waals surface area contributed by atoms with Crippen LogP contribution in [0.4, 0.5) is 32.1 Å². The van der Waals surface area contributed by atoms with Crippen LogP contribution < -0.4 is 20.7 Å². The fraction of sp³-hybridized carbons (Fsp3) is 0.250. The number of nitrogens with zero attached hydrogens (tertiary/aromatic N) is 3. The van der Waals surface area contributed by atoms with Gasteiger partial charge in [0.05, 0.1) is 22.8 Å². The lowest BCUT2D eigenvalue weighted by molar-refractivity contribution is 0.160. The van der Waals surface area contributed by atoms with Crippen LogP contribution in [0.5, 0.6) is 5.75 Å². The molecule has 2 heterocycles. The average Bonchev–Trinajstić information content (AvgIpc) is 2.90. The smallest absolute Gasteiger partial charge is 0.323 e. The molecule has 1 aliphatic heterocycles. The molecule has 0 unspecified atom stereocenters. The van der Waals surface area contributed by atoms with Gasteiger partial charge in [-0.2, -0.15) is 0 Å². The number of amides is 2. The number of benzene rings is 3. The molecule has 4 aromatic rings. The fourth-order valence-electron chi connectivity index (χ4n) is 4.35. The summed E-state index contributed by atoms with van der Waals surface area (Å²) in [4.78, 5) is 23.4. The predicted octanol–water partition coefficient (Wildman–Crippen LogP) is 6.53. The Kier molecular flexibility index (Phi) is 7.86. The summed E-state index contributed by atoms with van der Waals surface area (Å²) >= 11 is 6.42. The quantitative estimate of drug-likeness (QED) is 0.250. The molecule has 0 spiro atoms. The predicted molar refractivity (Wildman–Crippen MR) is 149 cm³/mol. The molecule has 0 bridgehead atoms. The van der Waals surface area contributed by atoms with Crippen molar-refractivity contribution in [3.8, 4) is 5.75 Å². The van der Waals surface area contributed by atoms with E-state index >= 15 is 0 Å². The van der Waals surface area contributed by atoms with Gasteiger partial charge in [-0.05, 0) is 87.4 Å². The van der Waals surface area contributed by atoms with Crippen LogP contribution in [-0.4, -0.2) is 47.6 Å². The van der Waals surface area contributed by atoms with Crippen molar-refractivity contribution in [2.24, 2.45) is 5.92 Å². The van der Waals surface area contributed by atoms with Gasteiger partial charge >= 0.3 is 6.03 Å². The van der Waals surface area contributed by atoms with E-state index in [0.717, 1.165) is 42.6 Å². The zero-order valence-electron chi connectivity index (χ0n) is 20.9. The lowest BCUT2D eigenvalue weighted by Crippen LogP contribution is -2.32. The number of carbonyl (C=O) groups excluding carboxylic acids is 1. The van der Waals surface area contributed by atoms with Gasteiger partial charge in [0.2, 0.25) is 0 Å². The van der Waals surface area contributed by atoms with Crippen LogP contribution in [0, 0.1) is 11.7 Å². The molecule has 3 aromatic carbocycles. The summed E-state index contributed by atoms with van der Waals surface area (Å²) < 4.78 is 19.4. The molecular formula is C28H28ClFN6O2. The molecule has 0 radical (unpaired) electrons. The molecule has 10 heteroatoms. The summed E-state index contributed by atoms with van der Waals surface area (Å²) in [7, 11) is 2.15. The van der Waals surface area contributed by atoms with E-state index in [1.54, 1.807) is 24.3 Å². The van der Waals surface area contributed by atoms with E-state index in [2.05, 4.69) is 37.9 Å². The molecule has 38 heavy (non-hydrogen) atoms. The first-order valence-corrected chi connectivity index (χ1v) is 12.8.